The fourth-order valence-corrected chi connectivity index (χ4v) is 4.70. The summed E-state index contributed by atoms with van der Waals surface area (Å²) in [6.45, 7) is 10.1. The number of nitrogens with two attached hydrogens (primary N) is 1. The van der Waals surface area contributed by atoms with Gasteiger partial charge in [0.15, 0.2) is 0 Å². The quantitative estimate of drug-likeness (QED) is 0.349. The molecule has 2 aromatic carbocycles. The van der Waals surface area contributed by atoms with Gasteiger partial charge < -0.3 is 15.4 Å². The van der Waals surface area contributed by atoms with Crippen LogP contribution in [0.3, 0.4) is 0 Å². The van der Waals surface area contributed by atoms with Gasteiger partial charge in [0.25, 0.3) is 5.91 Å². The smallest absolute Gasteiger partial charge is 0.251 e. The molecule has 0 saturated carbocycles. The number of carbonyl (C=O) groups is 2. The molecule has 0 saturated heterocycles. The maximum Gasteiger partial charge on any atom is 0.251 e. The van der Waals surface area contributed by atoms with Crippen molar-refractivity contribution in [2.45, 2.75) is 39.3 Å². The van der Waals surface area contributed by atoms with E-state index in [2.05, 4.69) is 6.58 Å². The molecule has 7 heteroatoms. The Morgan fingerprint density at radius 3 is 2.43 bits per heavy atom. The lowest BCUT2D eigenvalue weighted by Gasteiger charge is -2.37. The van der Waals surface area contributed by atoms with Crippen LogP contribution in [0, 0.1) is 6.92 Å². The fraction of sp³-hybridized carbons (Fsp3) is 0.286. The molecule has 184 valence electrons. The van der Waals surface area contributed by atoms with Crippen molar-refractivity contribution in [2.24, 2.45) is 5.73 Å². The highest BCUT2D eigenvalue weighted by Crippen LogP contribution is 2.36. The number of ether oxygens (including phenoxy) is 1. The number of para-hydroxylation sites is 1. The Bertz CT molecular complexity index is 1130. The Hall–Kier alpha value is -3.42. The molecule has 0 aliphatic heterocycles. The monoisotopic (exact) mass is 491 g/mol. The summed E-state index contributed by atoms with van der Waals surface area (Å²) in [6.07, 6.45) is 1.94. The van der Waals surface area contributed by atoms with E-state index < -0.39 is 6.04 Å². The molecule has 0 fully saturated rings. The molecule has 35 heavy (non-hydrogen) atoms. The van der Waals surface area contributed by atoms with Gasteiger partial charge in [-0.1, -0.05) is 37.3 Å². The van der Waals surface area contributed by atoms with E-state index in [1.165, 1.54) is 11.3 Å². The minimum atomic E-state index is -0.809. The van der Waals surface area contributed by atoms with Crippen LogP contribution in [0.15, 0.2) is 78.7 Å². The van der Waals surface area contributed by atoms with Crippen LogP contribution >= 0.6 is 11.3 Å². The zero-order valence-electron chi connectivity index (χ0n) is 20.5. The Morgan fingerprint density at radius 2 is 1.86 bits per heavy atom. The van der Waals surface area contributed by atoms with Gasteiger partial charge in [0.05, 0.1) is 0 Å². The molecule has 1 heterocycles. The first-order valence-corrected chi connectivity index (χ1v) is 12.6. The second-order valence-corrected chi connectivity index (χ2v) is 9.24. The zero-order valence-corrected chi connectivity index (χ0v) is 21.3. The molecule has 2 unspecified atom stereocenters. The minimum absolute atomic E-state index is 0.143. The SMILES string of the molecule is C=CCN(C(=O)C(c1cccs1)N(C(=O)CC)c1ccc(Oc2ccccc2)cc1C)C(C)CN. The van der Waals surface area contributed by atoms with Gasteiger partial charge in [0.2, 0.25) is 5.91 Å². The summed E-state index contributed by atoms with van der Waals surface area (Å²) in [7, 11) is 0. The van der Waals surface area contributed by atoms with Crippen molar-refractivity contribution in [1.82, 2.24) is 4.90 Å². The Kier molecular flexibility index (Phi) is 9.23. The number of thiophene rings is 1. The lowest BCUT2D eigenvalue weighted by Crippen LogP contribution is -2.50. The number of hydrogen-bond donors (Lipinski definition) is 1. The Balaban J connectivity index is 2.07. The molecule has 0 aliphatic rings. The molecule has 3 aromatic rings. The average molecular weight is 492 g/mol. The summed E-state index contributed by atoms with van der Waals surface area (Å²) in [4.78, 5) is 31.5. The molecule has 0 spiro atoms. The van der Waals surface area contributed by atoms with Crippen LogP contribution in [0.1, 0.15) is 36.8 Å². The van der Waals surface area contributed by atoms with E-state index in [0.717, 1.165) is 16.2 Å². The van der Waals surface area contributed by atoms with E-state index in [9.17, 15) is 9.59 Å². The minimum Gasteiger partial charge on any atom is -0.457 e. The number of rotatable bonds is 11. The van der Waals surface area contributed by atoms with Crippen LogP contribution in [0.4, 0.5) is 5.69 Å². The predicted octanol–water partition coefficient (Wildman–Crippen LogP) is 5.69. The summed E-state index contributed by atoms with van der Waals surface area (Å²) in [5.41, 5.74) is 7.42. The highest BCUT2D eigenvalue weighted by molar-refractivity contribution is 7.10. The van der Waals surface area contributed by atoms with Crippen LogP contribution in [-0.2, 0) is 9.59 Å². The van der Waals surface area contributed by atoms with E-state index in [4.69, 9.17) is 10.5 Å². The molecule has 6 nitrogen and oxygen atoms in total. The van der Waals surface area contributed by atoms with Crippen molar-refractivity contribution in [1.29, 1.82) is 0 Å². The van der Waals surface area contributed by atoms with E-state index in [1.807, 2.05) is 79.9 Å². The first kappa shape index (κ1) is 26.2. The van der Waals surface area contributed by atoms with Gasteiger partial charge >= 0.3 is 0 Å². The Labute approximate surface area is 211 Å². The molecular formula is C28H33N3O3S. The van der Waals surface area contributed by atoms with Crippen molar-refractivity contribution in [3.8, 4) is 11.5 Å². The van der Waals surface area contributed by atoms with E-state index in [-0.39, 0.29) is 24.3 Å². The van der Waals surface area contributed by atoms with Gasteiger partial charge in [-0.25, -0.2) is 0 Å². The number of nitrogens with zero attached hydrogens (tertiary/aromatic N) is 2. The van der Waals surface area contributed by atoms with Crippen LogP contribution < -0.4 is 15.4 Å². The summed E-state index contributed by atoms with van der Waals surface area (Å²) < 4.78 is 5.98. The second-order valence-electron chi connectivity index (χ2n) is 8.26. The van der Waals surface area contributed by atoms with Gasteiger partial charge in [-0.05, 0) is 61.2 Å². The van der Waals surface area contributed by atoms with Crippen molar-refractivity contribution < 1.29 is 14.3 Å². The first-order chi connectivity index (χ1) is 16.9. The number of hydrogen-bond acceptors (Lipinski definition) is 5. The van der Waals surface area contributed by atoms with Gasteiger partial charge in [-0.15, -0.1) is 17.9 Å². The van der Waals surface area contributed by atoms with Gasteiger partial charge in [-0.3, -0.25) is 14.5 Å². The standard InChI is InChI=1S/C28H33N3O3S/c1-5-16-30(21(4)19-29)28(33)27(25-13-10-17-35-25)31(26(32)6-2)24-15-14-23(18-20(24)3)34-22-11-8-7-9-12-22/h5,7-15,17-18,21,27H,1,6,16,19,29H2,2-4H3. The molecule has 2 N–H and O–H groups in total. The van der Waals surface area contributed by atoms with Crippen LogP contribution in [0.5, 0.6) is 11.5 Å². The normalized spacial score (nSPS) is 12.5. The predicted molar refractivity (Wildman–Crippen MR) is 143 cm³/mol. The van der Waals surface area contributed by atoms with E-state index in [1.54, 1.807) is 22.8 Å². The second kappa shape index (κ2) is 12.3. The van der Waals surface area contributed by atoms with E-state index in [0.29, 0.717) is 24.5 Å². The third-order valence-corrected chi connectivity index (χ3v) is 6.69. The molecule has 2 amide bonds. The highest BCUT2D eigenvalue weighted by atomic mass is 32.1. The van der Waals surface area contributed by atoms with Crippen molar-refractivity contribution in [3.63, 3.8) is 0 Å². The van der Waals surface area contributed by atoms with Crippen molar-refractivity contribution >= 4 is 28.8 Å². The molecule has 1 aromatic heterocycles. The summed E-state index contributed by atoms with van der Waals surface area (Å²) in [5.74, 6) is 1.06. The summed E-state index contributed by atoms with van der Waals surface area (Å²) in [5, 5.41) is 1.91. The highest BCUT2D eigenvalue weighted by Gasteiger charge is 2.37. The number of benzene rings is 2. The summed E-state index contributed by atoms with van der Waals surface area (Å²) in [6, 6.07) is 17.8. The largest absolute Gasteiger partial charge is 0.457 e. The van der Waals surface area contributed by atoms with Crippen LogP contribution in [0.25, 0.3) is 0 Å². The number of anilines is 1. The van der Waals surface area contributed by atoms with Gasteiger partial charge in [0, 0.05) is 36.1 Å². The zero-order chi connectivity index (χ0) is 25.4. The topological polar surface area (TPSA) is 75.9 Å². The first-order valence-electron chi connectivity index (χ1n) is 11.7. The van der Waals surface area contributed by atoms with Gasteiger partial charge in [0.1, 0.15) is 17.5 Å². The van der Waals surface area contributed by atoms with Crippen LogP contribution in [-0.4, -0.2) is 35.8 Å². The van der Waals surface area contributed by atoms with Crippen molar-refractivity contribution in [3.05, 3.63) is 89.1 Å². The maximum atomic E-state index is 14.0. The van der Waals surface area contributed by atoms with Crippen LogP contribution in [0.2, 0.25) is 0 Å². The van der Waals surface area contributed by atoms with Gasteiger partial charge in [-0.2, -0.15) is 0 Å². The lowest BCUT2D eigenvalue weighted by atomic mass is 10.1. The average Bonchev–Trinajstić information content (AvgIpc) is 3.40. The van der Waals surface area contributed by atoms with Crippen molar-refractivity contribution in [2.75, 3.05) is 18.0 Å². The number of amides is 2. The third-order valence-electron chi connectivity index (χ3n) is 5.76. The molecule has 0 aliphatic carbocycles. The number of carbonyl (C=O) groups excluding carboxylic acids is 2. The van der Waals surface area contributed by atoms with E-state index >= 15 is 0 Å². The molecule has 3 rings (SSSR count). The third kappa shape index (κ3) is 6.18. The lowest BCUT2D eigenvalue weighted by molar-refractivity contribution is -0.135. The molecule has 0 radical (unpaired) electrons. The maximum absolute atomic E-state index is 14.0. The molecule has 0 bridgehead atoms. The molecular weight excluding hydrogens is 458 g/mol. The molecule has 2 atom stereocenters. The Morgan fingerprint density at radius 1 is 1.11 bits per heavy atom. The summed E-state index contributed by atoms with van der Waals surface area (Å²) >= 11 is 1.45. The fourth-order valence-electron chi connectivity index (χ4n) is 3.89. The number of aryl methyl sites for hydroxylation is 1.